The average molecular weight is 238 g/mol. The number of aromatic nitrogens is 1. The van der Waals surface area contributed by atoms with E-state index in [4.69, 9.17) is 5.11 Å². The molecule has 0 bridgehead atoms. The highest BCUT2D eigenvalue weighted by Gasteiger charge is 2.27. The summed E-state index contributed by atoms with van der Waals surface area (Å²) in [7, 11) is 0. The Hall–Kier alpha value is -0.450. The summed E-state index contributed by atoms with van der Waals surface area (Å²) in [5.74, 6) is 1.28. The lowest BCUT2D eigenvalue weighted by molar-refractivity contribution is 0.220. The van der Waals surface area contributed by atoms with E-state index >= 15 is 0 Å². The van der Waals surface area contributed by atoms with E-state index in [1.54, 1.807) is 0 Å². The Balaban J connectivity index is 1.57. The summed E-state index contributed by atoms with van der Waals surface area (Å²) in [5.41, 5.74) is 0. The lowest BCUT2D eigenvalue weighted by Crippen LogP contribution is -2.20. The number of rotatable bonds is 4. The van der Waals surface area contributed by atoms with Gasteiger partial charge in [-0.2, -0.15) is 0 Å². The number of hydrogen-bond acceptors (Lipinski definition) is 4. The molecule has 1 aromatic rings. The lowest BCUT2D eigenvalue weighted by atomic mass is 10.1. The fraction of sp³-hybridized carbons (Fsp3) is 0.750. The molecular weight excluding hydrogens is 220 g/mol. The molecule has 0 radical (unpaired) electrons. The van der Waals surface area contributed by atoms with E-state index in [2.05, 4.69) is 9.88 Å². The molecule has 2 aliphatic rings. The van der Waals surface area contributed by atoms with Crippen molar-refractivity contribution >= 4 is 11.3 Å². The third kappa shape index (κ3) is 2.29. The third-order valence-corrected chi connectivity index (χ3v) is 4.65. The second-order valence-corrected chi connectivity index (χ2v) is 6.16. The van der Waals surface area contributed by atoms with Crippen molar-refractivity contribution in [2.24, 2.45) is 5.92 Å². The summed E-state index contributed by atoms with van der Waals surface area (Å²) >= 11 is 1.88. The predicted octanol–water partition coefficient (Wildman–Crippen LogP) is 1.83. The molecule has 0 spiro atoms. The first-order valence-electron chi connectivity index (χ1n) is 6.13. The van der Waals surface area contributed by atoms with Gasteiger partial charge in [-0.25, -0.2) is 4.98 Å². The van der Waals surface area contributed by atoms with Gasteiger partial charge >= 0.3 is 0 Å². The smallest absolute Gasteiger partial charge is 0.0959 e. The van der Waals surface area contributed by atoms with E-state index in [0.29, 0.717) is 12.5 Å². The maximum absolute atomic E-state index is 9.10. The summed E-state index contributed by atoms with van der Waals surface area (Å²) in [6.07, 6.45) is 5.86. The molecule has 1 saturated carbocycles. The minimum Gasteiger partial charge on any atom is -0.396 e. The Morgan fingerprint density at radius 2 is 2.31 bits per heavy atom. The van der Waals surface area contributed by atoms with E-state index < -0.39 is 0 Å². The molecular formula is C12H18N2OS. The van der Waals surface area contributed by atoms with Crippen molar-refractivity contribution in [2.45, 2.75) is 31.7 Å². The number of thiazole rings is 1. The van der Waals surface area contributed by atoms with Gasteiger partial charge in [-0.3, -0.25) is 4.90 Å². The predicted molar refractivity (Wildman–Crippen MR) is 64.6 cm³/mol. The van der Waals surface area contributed by atoms with Crippen molar-refractivity contribution in [1.82, 2.24) is 9.88 Å². The highest BCUT2D eigenvalue weighted by atomic mass is 32.1. The topological polar surface area (TPSA) is 36.4 Å². The monoisotopic (exact) mass is 238 g/mol. The van der Waals surface area contributed by atoms with Crippen LogP contribution in [0.3, 0.4) is 0 Å². The molecule has 1 aliphatic carbocycles. The van der Waals surface area contributed by atoms with Crippen molar-refractivity contribution in [3.05, 3.63) is 16.1 Å². The summed E-state index contributed by atoms with van der Waals surface area (Å²) in [5, 5.41) is 10.4. The second-order valence-electron chi connectivity index (χ2n) is 5.01. The van der Waals surface area contributed by atoms with Gasteiger partial charge in [0.1, 0.15) is 0 Å². The molecule has 1 saturated heterocycles. The van der Waals surface area contributed by atoms with Crippen LogP contribution in [0.2, 0.25) is 0 Å². The molecule has 1 N–H and O–H groups in total. The zero-order valence-electron chi connectivity index (χ0n) is 9.43. The SMILES string of the molecule is OCC1CCN(Cc2cnc(C3CC3)s2)C1. The molecule has 2 heterocycles. The summed E-state index contributed by atoms with van der Waals surface area (Å²) in [6, 6.07) is 0. The molecule has 1 aliphatic heterocycles. The summed E-state index contributed by atoms with van der Waals surface area (Å²) in [4.78, 5) is 8.33. The van der Waals surface area contributed by atoms with Crippen LogP contribution in [0.4, 0.5) is 0 Å². The van der Waals surface area contributed by atoms with Crippen LogP contribution >= 0.6 is 11.3 Å². The van der Waals surface area contributed by atoms with Crippen molar-refractivity contribution in [1.29, 1.82) is 0 Å². The number of aliphatic hydroxyl groups is 1. The molecule has 1 aromatic heterocycles. The van der Waals surface area contributed by atoms with Gasteiger partial charge in [0.05, 0.1) is 5.01 Å². The van der Waals surface area contributed by atoms with Gasteiger partial charge in [0, 0.05) is 36.7 Å². The number of aliphatic hydroxyl groups excluding tert-OH is 1. The molecule has 16 heavy (non-hydrogen) atoms. The largest absolute Gasteiger partial charge is 0.396 e. The molecule has 4 heteroatoms. The van der Waals surface area contributed by atoms with Crippen molar-refractivity contribution in [3.8, 4) is 0 Å². The first-order valence-corrected chi connectivity index (χ1v) is 6.94. The normalized spacial score (nSPS) is 26.4. The maximum atomic E-state index is 9.10. The Kier molecular flexibility index (Phi) is 2.96. The highest BCUT2D eigenvalue weighted by Crippen LogP contribution is 2.41. The zero-order valence-corrected chi connectivity index (χ0v) is 10.2. The van der Waals surface area contributed by atoms with Gasteiger partial charge in [0.2, 0.25) is 0 Å². The standard InChI is InChI=1S/C12H18N2OS/c15-8-9-3-4-14(6-9)7-11-5-13-12(16-11)10-1-2-10/h5,9-10,15H,1-4,6-8H2. The van der Waals surface area contributed by atoms with Crippen molar-refractivity contribution < 1.29 is 5.11 Å². The summed E-state index contributed by atoms with van der Waals surface area (Å²) in [6.45, 7) is 3.54. The van der Waals surface area contributed by atoms with Gasteiger partial charge in [0.15, 0.2) is 0 Å². The average Bonchev–Trinajstić information content (AvgIpc) is 2.88. The van der Waals surface area contributed by atoms with Crippen LogP contribution in [0, 0.1) is 5.92 Å². The Morgan fingerprint density at radius 3 is 3.00 bits per heavy atom. The first kappa shape index (κ1) is 10.7. The fourth-order valence-corrected chi connectivity index (χ4v) is 3.47. The van der Waals surface area contributed by atoms with E-state index in [0.717, 1.165) is 32.0 Å². The molecule has 2 fully saturated rings. The van der Waals surface area contributed by atoms with E-state index in [-0.39, 0.29) is 0 Å². The van der Waals surface area contributed by atoms with Gasteiger partial charge in [-0.1, -0.05) is 0 Å². The molecule has 3 nitrogen and oxygen atoms in total. The first-order chi connectivity index (χ1) is 7.85. The fourth-order valence-electron chi connectivity index (χ4n) is 2.34. The van der Waals surface area contributed by atoms with Crippen LogP contribution in [-0.2, 0) is 6.54 Å². The van der Waals surface area contributed by atoms with E-state index in [9.17, 15) is 0 Å². The molecule has 3 rings (SSSR count). The van der Waals surface area contributed by atoms with Crippen molar-refractivity contribution in [2.75, 3.05) is 19.7 Å². The minimum absolute atomic E-state index is 0.340. The van der Waals surface area contributed by atoms with E-state index in [1.807, 2.05) is 17.5 Å². The lowest BCUT2D eigenvalue weighted by Gasteiger charge is -2.13. The van der Waals surface area contributed by atoms with Crippen LogP contribution in [0.25, 0.3) is 0 Å². The molecule has 88 valence electrons. The van der Waals surface area contributed by atoms with Gasteiger partial charge in [-0.05, 0) is 31.7 Å². The zero-order chi connectivity index (χ0) is 11.0. The van der Waals surface area contributed by atoms with Crippen molar-refractivity contribution in [3.63, 3.8) is 0 Å². The third-order valence-electron chi connectivity index (χ3n) is 3.51. The Morgan fingerprint density at radius 1 is 1.44 bits per heavy atom. The van der Waals surface area contributed by atoms with Gasteiger partial charge in [0.25, 0.3) is 0 Å². The maximum Gasteiger partial charge on any atom is 0.0959 e. The minimum atomic E-state index is 0.340. The second kappa shape index (κ2) is 4.43. The molecule has 0 amide bonds. The van der Waals surface area contributed by atoms with Gasteiger partial charge in [-0.15, -0.1) is 11.3 Å². The Bertz CT molecular complexity index is 362. The molecule has 1 atom stereocenters. The quantitative estimate of drug-likeness (QED) is 0.869. The van der Waals surface area contributed by atoms with Gasteiger partial charge < -0.3 is 5.11 Å². The number of nitrogens with zero attached hydrogens (tertiary/aromatic N) is 2. The molecule has 1 unspecified atom stereocenters. The van der Waals surface area contributed by atoms with Crippen LogP contribution in [-0.4, -0.2) is 34.7 Å². The highest BCUT2D eigenvalue weighted by molar-refractivity contribution is 7.11. The van der Waals surface area contributed by atoms with Crippen LogP contribution < -0.4 is 0 Å². The Labute approximate surface area is 100 Å². The van der Waals surface area contributed by atoms with E-state index in [1.165, 1.54) is 22.7 Å². The number of likely N-dealkylation sites (tertiary alicyclic amines) is 1. The van der Waals surface area contributed by atoms with Crippen LogP contribution in [0.5, 0.6) is 0 Å². The summed E-state index contributed by atoms with van der Waals surface area (Å²) < 4.78 is 0. The number of hydrogen-bond donors (Lipinski definition) is 1. The molecule has 0 aromatic carbocycles. The van der Waals surface area contributed by atoms with Crippen LogP contribution in [0.15, 0.2) is 6.20 Å². The van der Waals surface area contributed by atoms with Crippen LogP contribution in [0.1, 0.15) is 35.1 Å².